The highest BCUT2D eigenvalue weighted by molar-refractivity contribution is 6.88. The van der Waals surface area contributed by atoms with Gasteiger partial charge in [0.1, 0.15) is 18.2 Å². The lowest BCUT2D eigenvalue weighted by Gasteiger charge is -2.16. The summed E-state index contributed by atoms with van der Waals surface area (Å²) in [6.45, 7) is 17.0. The van der Waals surface area contributed by atoms with Gasteiger partial charge < -0.3 is 4.42 Å². The molecule has 0 aliphatic rings. The zero-order valence-electron chi connectivity index (χ0n) is 19.7. The summed E-state index contributed by atoms with van der Waals surface area (Å²) in [5, 5.41) is 3.46. The van der Waals surface area contributed by atoms with E-state index < -0.39 is 8.07 Å². The number of pyridine rings is 1. The monoisotopic (exact) mass is 447 g/mol. The van der Waals surface area contributed by atoms with Gasteiger partial charge >= 0.3 is 0 Å². The number of furan rings is 1. The van der Waals surface area contributed by atoms with E-state index in [2.05, 4.69) is 84.5 Å². The molecule has 2 heterocycles. The number of rotatable bonds is 3. The molecule has 0 saturated heterocycles. The Balaban J connectivity index is 1.77. The summed E-state index contributed by atoms with van der Waals surface area (Å²) in [7, 11) is 0.686. The van der Waals surface area contributed by atoms with Crippen molar-refractivity contribution >= 4 is 40.9 Å². The van der Waals surface area contributed by atoms with Crippen molar-refractivity contribution in [3.8, 4) is 22.4 Å². The minimum atomic E-state index is -1.36. The number of nitrogens with zero attached hydrogens (tertiary/aromatic N) is 2. The summed E-state index contributed by atoms with van der Waals surface area (Å²) in [5.41, 5.74) is 7.53. The number of aromatic nitrogens is 1. The van der Waals surface area contributed by atoms with Crippen LogP contribution in [-0.4, -0.2) is 8.07 Å². The first-order valence-electron chi connectivity index (χ1n) is 11.2. The highest BCUT2D eigenvalue weighted by Crippen LogP contribution is 2.42. The molecule has 0 bridgehead atoms. The molecule has 0 fully saturated rings. The molecule has 0 saturated carbocycles. The maximum absolute atomic E-state index is 7.83. The topological polar surface area (TPSA) is 21.4 Å². The van der Waals surface area contributed by atoms with Crippen molar-refractivity contribution in [1.82, 2.24) is 0 Å². The quantitative estimate of drug-likeness (QED) is 0.163. The second-order valence-electron chi connectivity index (χ2n) is 9.74. The minimum Gasteiger partial charge on any atom is -0.466 e. The zero-order valence-corrected chi connectivity index (χ0v) is 20.7. The van der Waals surface area contributed by atoms with E-state index >= 15 is 0 Å². The maximum Gasteiger partial charge on any atom is 0.230 e. The standard InChI is InChI=1S/C29H27N2OSi/c1-19-10-15-23-24-17-21(20-11-13-22(14-12-20)33(4,5)6)18-25(30-2)28(24)32-29(23)27(19)26-9-7-8-16-31(26)3/h7-18H,1,3-6H3/q+1. The van der Waals surface area contributed by atoms with Gasteiger partial charge in [-0.3, -0.25) is 0 Å². The van der Waals surface area contributed by atoms with Crippen LogP contribution in [0, 0.1) is 13.5 Å². The molecule has 0 aliphatic carbocycles. The Morgan fingerprint density at radius 2 is 1.61 bits per heavy atom. The summed E-state index contributed by atoms with van der Waals surface area (Å²) >= 11 is 0. The van der Waals surface area contributed by atoms with E-state index in [4.69, 9.17) is 11.0 Å². The first-order chi connectivity index (χ1) is 15.8. The molecular formula is C29H27N2OSi+. The fourth-order valence-electron chi connectivity index (χ4n) is 4.54. The Morgan fingerprint density at radius 3 is 2.27 bits per heavy atom. The van der Waals surface area contributed by atoms with Crippen molar-refractivity contribution in [2.24, 2.45) is 7.05 Å². The summed E-state index contributed by atoms with van der Waals surface area (Å²) in [4.78, 5) is 3.84. The Kier molecular flexibility index (Phi) is 4.95. The normalized spacial score (nSPS) is 11.8. The molecule has 0 spiro atoms. The van der Waals surface area contributed by atoms with E-state index in [1.807, 2.05) is 31.4 Å². The van der Waals surface area contributed by atoms with Crippen LogP contribution in [-0.2, 0) is 7.05 Å². The van der Waals surface area contributed by atoms with Crippen LogP contribution >= 0.6 is 0 Å². The van der Waals surface area contributed by atoms with Crippen molar-refractivity contribution in [2.75, 3.05) is 0 Å². The number of hydrogen-bond donors (Lipinski definition) is 0. The average Bonchev–Trinajstić information content (AvgIpc) is 3.17. The van der Waals surface area contributed by atoms with Gasteiger partial charge in [0, 0.05) is 22.9 Å². The highest BCUT2D eigenvalue weighted by Gasteiger charge is 2.22. The number of benzene rings is 3. The van der Waals surface area contributed by atoms with Crippen LogP contribution in [0.4, 0.5) is 5.69 Å². The molecule has 0 N–H and O–H groups in total. The van der Waals surface area contributed by atoms with Gasteiger partial charge in [0.25, 0.3) is 0 Å². The van der Waals surface area contributed by atoms with Gasteiger partial charge in [-0.25, -0.2) is 9.41 Å². The largest absolute Gasteiger partial charge is 0.466 e. The van der Waals surface area contributed by atoms with Gasteiger partial charge in [-0.2, -0.15) is 0 Å². The van der Waals surface area contributed by atoms with Crippen molar-refractivity contribution in [3.63, 3.8) is 0 Å². The summed E-state index contributed by atoms with van der Waals surface area (Å²) < 4.78 is 8.54. The Labute approximate surface area is 195 Å². The molecule has 2 aromatic heterocycles. The van der Waals surface area contributed by atoms with Gasteiger partial charge in [0.15, 0.2) is 6.20 Å². The third-order valence-electron chi connectivity index (χ3n) is 6.45. The second-order valence-corrected chi connectivity index (χ2v) is 14.8. The summed E-state index contributed by atoms with van der Waals surface area (Å²) in [5.74, 6) is 0. The molecule has 0 aliphatic heterocycles. The lowest BCUT2D eigenvalue weighted by Crippen LogP contribution is -2.37. The Hall–Kier alpha value is -3.68. The van der Waals surface area contributed by atoms with Crippen molar-refractivity contribution in [2.45, 2.75) is 26.6 Å². The molecule has 162 valence electrons. The van der Waals surface area contributed by atoms with E-state index in [1.165, 1.54) is 5.19 Å². The van der Waals surface area contributed by atoms with Gasteiger partial charge in [0.2, 0.25) is 11.4 Å². The molecule has 5 rings (SSSR count). The molecule has 0 amide bonds. The van der Waals surface area contributed by atoms with E-state index in [0.717, 1.165) is 44.3 Å². The van der Waals surface area contributed by atoms with Gasteiger partial charge in [-0.15, -0.1) is 0 Å². The van der Waals surface area contributed by atoms with Gasteiger partial charge in [-0.1, -0.05) is 61.2 Å². The zero-order chi connectivity index (χ0) is 23.3. The lowest BCUT2D eigenvalue weighted by molar-refractivity contribution is -0.660. The SMILES string of the molecule is [C-]#[N+]c1cc(-c2ccc([Si](C)(C)C)cc2)cc2c1oc1c(-c3cccc[n+]3C)c(C)ccc12. The van der Waals surface area contributed by atoms with Crippen LogP contribution in [0.1, 0.15) is 5.56 Å². The van der Waals surface area contributed by atoms with Gasteiger partial charge in [0.05, 0.1) is 20.2 Å². The van der Waals surface area contributed by atoms with Crippen LogP contribution in [0.5, 0.6) is 0 Å². The third kappa shape index (κ3) is 3.55. The molecule has 5 aromatic rings. The molecular weight excluding hydrogens is 420 g/mol. The Morgan fingerprint density at radius 1 is 0.848 bits per heavy atom. The predicted octanol–water partition coefficient (Wildman–Crippen LogP) is 7.15. The van der Waals surface area contributed by atoms with E-state index in [-0.39, 0.29) is 0 Å². The first kappa shape index (κ1) is 21.2. The van der Waals surface area contributed by atoms with Crippen molar-refractivity contribution in [3.05, 3.63) is 89.9 Å². The van der Waals surface area contributed by atoms with E-state index in [9.17, 15) is 0 Å². The van der Waals surface area contributed by atoms with Crippen molar-refractivity contribution < 1.29 is 8.98 Å². The molecule has 33 heavy (non-hydrogen) atoms. The summed E-state index contributed by atoms with van der Waals surface area (Å²) in [6, 6.07) is 23.4. The smallest absolute Gasteiger partial charge is 0.230 e. The molecule has 0 atom stereocenters. The first-order valence-corrected chi connectivity index (χ1v) is 14.7. The second kappa shape index (κ2) is 7.72. The molecule has 3 aromatic carbocycles. The van der Waals surface area contributed by atoms with Crippen LogP contribution in [0.15, 0.2) is 77.3 Å². The fraction of sp³-hybridized carbons (Fsp3) is 0.172. The minimum absolute atomic E-state index is 0.550. The van der Waals surface area contributed by atoms with E-state index in [1.54, 1.807) is 0 Å². The molecule has 4 heteroatoms. The van der Waals surface area contributed by atoms with Gasteiger partial charge in [-0.05, 0) is 41.8 Å². The Bertz CT molecular complexity index is 1560. The van der Waals surface area contributed by atoms with E-state index in [0.29, 0.717) is 11.3 Å². The van der Waals surface area contributed by atoms with Crippen LogP contribution in [0.2, 0.25) is 19.6 Å². The van der Waals surface area contributed by atoms with Crippen LogP contribution in [0.25, 0.3) is 49.2 Å². The van der Waals surface area contributed by atoms with Crippen LogP contribution in [0.3, 0.4) is 0 Å². The lowest BCUT2D eigenvalue weighted by atomic mass is 9.98. The fourth-order valence-corrected chi connectivity index (χ4v) is 5.70. The maximum atomic E-state index is 7.83. The highest BCUT2D eigenvalue weighted by atomic mass is 28.3. The molecule has 0 radical (unpaired) electrons. The average molecular weight is 448 g/mol. The number of hydrogen-bond acceptors (Lipinski definition) is 1. The van der Waals surface area contributed by atoms with Crippen LogP contribution < -0.4 is 9.75 Å². The molecule has 0 unspecified atom stereocenters. The summed E-state index contributed by atoms with van der Waals surface area (Å²) in [6.07, 6.45) is 2.04. The van der Waals surface area contributed by atoms with Crippen molar-refractivity contribution in [1.29, 1.82) is 0 Å². The molecule has 3 nitrogen and oxygen atoms in total. The predicted molar refractivity (Wildman–Crippen MR) is 140 cm³/mol. The number of fused-ring (bicyclic) bond motifs is 3. The number of aryl methyl sites for hydroxylation is 2. The third-order valence-corrected chi connectivity index (χ3v) is 8.51.